The first-order chi connectivity index (χ1) is 15.5. The molecule has 3 heterocycles. The Labute approximate surface area is 197 Å². The summed E-state index contributed by atoms with van der Waals surface area (Å²) in [4.78, 5) is 17.2. The Hall–Kier alpha value is -2.57. The predicted molar refractivity (Wildman–Crippen MR) is 124 cm³/mol. The van der Waals surface area contributed by atoms with Crippen molar-refractivity contribution in [3.63, 3.8) is 0 Å². The fraction of sp³-hybridized carbons (Fsp3) is 0.375. The van der Waals surface area contributed by atoms with Crippen molar-refractivity contribution in [2.75, 3.05) is 18.0 Å². The largest absolute Gasteiger partial charge is 0.479 e. The number of rotatable bonds is 8. The van der Waals surface area contributed by atoms with Gasteiger partial charge in [0.25, 0.3) is 5.91 Å². The van der Waals surface area contributed by atoms with E-state index in [9.17, 15) is 4.79 Å². The fourth-order valence-corrected chi connectivity index (χ4v) is 4.25. The van der Waals surface area contributed by atoms with E-state index >= 15 is 0 Å². The van der Waals surface area contributed by atoms with Crippen molar-refractivity contribution in [1.82, 2.24) is 4.90 Å². The molecule has 4 rings (SSSR count). The van der Waals surface area contributed by atoms with Gasteiger partial charge in [0.2, 0.25) is 0 Å². The lowest BCUT2D eigenvalue weighted by Crippen LogP contribution is -2.39. The Balaban J connectivity index is 1.48. The standard InChI is InChI=1S/C24H26Cl2N2O4/c1-17(31-22-9-7-18(25)14-21(22)26)24(29)28(15-19-6-5-13-30-19)16-20-8-10-23(32-20)27-11-3-2-4-12-27/h5-10,13-14,17H,2-4,11-12,15-16H2,1H3. The maximum atomic E-state index is 13.3. The Morgan fingerprint density at radius 1 is 1.09 bits per heavy atom. The summed E-state index contributed by atoms with van der Waals surface area (Å²) < 4.78 is 17.4. The summed E-state index contributed by atoms with van der Waals surface area (Å²) in [5, 5.41) is 0.857. The molecule has 3 aromatic rings. The van der Waals surface area contributed by atoms with Gasteiger partial charge in [0, 0.05) is 24.2 Å². The molecule has 1 aromatic carbocycles. The quantitative estimate of drug-likeness (QED) is 0.389. The van der Waals surface area contributed by atoms with Crippen molar-refractivity contribution in [3.05, 3.63) is 70.3 Å². The molecule has 0 spiro atoms. The number of hydrogen-bond donors (Lipinski definition) is 0. The highest BCUT2D eigenvalue weighted by molar-refractivity contribution is 6.35. The minimum absolute atomic E-state index is 0.205. The zero-order chi connectivity index (χ0) is 22.5. The van der Waals surface area contributed by atoms with Crippen molar-refractivity contribution in [2.45, 2.75) is 45.4 Å². The number of halogens is 2. The molecule has 1 unspecified atom stereocenters. The third kappa shape index (κ3) is 5.61. The first-order valence-corrected chi connectivity index (χ1v) is 11.5. The summed E-state index contributed by atoms with van der Waals surface area (Å²) in [6, 6.07) is 12.4. The van der Waals surface area contributed by atoms with Crippen LogP contribution in [0, 0.1) is 0 Å². The monoisotopic (exact) mass is 476 g/mol. The molecule has 0 bridgehead atoms. The van der Waals surface area contributed by atoms with E-state index in [1.54, 1.807) is 42.4 Å². The van der Waals surface area contributed by atoms with E-state index in [1.807, 2.05) is 18.2 Å². The maximum Gasteiger partial charge on any atom is 0.264 e. The molecule has 0 radical (unpaired) electrons. The van der Waals surface area contributed by atoms with Gasteiger partial charge in [-0.05, 0) is 62.6 Å². The lowest BCUT2D eigenvalue weighted by molar-refractivity contribution is -0.139. The molecule has 1 amide bonds. The van der Waals surface area contributed by atoms with E-state index in [2.05, 4.69) is 4.90 Å². The van der Waals surface area contributed by atoms with Gasteiger partial charge in [0.15, 0.2) is 12.0 Å². The number of carbonyl (C=O) groups is 1. The second-order valence-corrected chi connectivity index (χ2v) is 8.74. The van der Waals surface area contributed by atoms with Crippen LogP contribution in [0.25, 0.3) is 0 Å². The Bertz CT molecular complexity index is 1030. The normalized spacial score (nSPS) is 14.9. The molecule has 1 fully saturated rings. The van der Waals surface area contributed by atoms with E-state index in [-0.39, 0.29) is 5.91 Å². The number of amides is 1. The van der Waals surface area contributed by atoms with Gasteiger partial charge in [-0.2, -0.15) is 0 Å². The summed E-state index contributed by atoms with van der Waals surface area (Å²) in [6.07, 6.45) is 4.42. The molecule has 32 heavy (non-hydrogen) atoms. The minimum Gasteiger partial charge on any atom is -0.479 e. The van der Waals surface area contributed by atoms with E-state index in [0.717, 1.165) is 19.0 Å². The van der Waals surface area contributed by atoms with Crippen LogP contribution in [0.5, 0.6) is 5.75 Å². The van der Waals surface area contributed by atoms with Gasteiger partial charge in [-0.15, -0.1) is 0 Å². The first-order valence-electron chi connectivity index (χ1n) is 10.8. The average Bonchev–Trinajstić information content (AvgIpc) is 3.47. The summed E-state index contributed by atoms with van der Waals surface area (Å²) in [5.74, 6) is 2.44. The topological polar surface area (TPSA) is 59.1 Å². The van der Waals surface area contributed by atoms with Crippen molar-refractivity contribution in [1.29, 1.82) is 0 Å². The summed E-state index contributed by atoms with van der Waals surface area (Å²) in [7, 11) is 0. The lowest BCUT2D eigenvalue weighted by atomic mass is 10.1. The second kappa shape index (κ2) is 10.4. The van der Waals surface area contributed by atoms with E-state index in [4.69, 9.17) is 36.8 Å². The van der Waals surface area contributed by atoms with Crippen LogP contribution in [0.1, 0.15) is 37.7 Å². The molecule has 8 heteroatoms. The molecule has 1 saturated heterocycles. The van der Waals surface area contributed by atoms with E-state index in [0.29, 0.717) is 40.4 Å². The first kappa shape index (κ1) is 22.6. The molecule has 1 aliphatic rings. The fourth-order valence-electron chi connectivity index (χ4n) is 3.80. The highest BCUT2D eigenvalue weighted by Gasteiger charge is 2.25. The van der Waals surface area contributed by atoms with Crippen molar-refractivity contribution in [2.24, 2.45) is 0 Å². The Morgan fingerprint density at radius 2 is 1.88 bits per heavy atom. The number of piperidine rings is 1. The molecule has 170 valence electrons. The smallest absolute Gasteiger partial charge is 0.264 e. The average molecular weight is 477 g/mol. The van der Waals surface area contributed by atoms with Crippen LogP contribution in [0.2, 0.25) is 10.0 Å². The van der Waals surface area contributed by atoms with Crippen LogP contribution in [0.4, 0.5) is 5.88 Å². The molecular formula is C24H26Cl2N2O4. The number of hydrogen-bond acceptors (Lipinski definition) is 5. The van der Waals surface area contributed by atoms with Crippen molar-refractivity contribution < 1.29 is 18.4 Å². The van der Waals surface area contributed by atoms with E-state index < -0.39 is 6.10 Å². The van der Waals surface area contributed by atoms with Crippen molar-refractivity contribution >= 4 is 35.0 Å². The molecular weight excluding hydrogens is 451 g/mol. The van der Waals surface area contributed by atoms with Gasteiger partial charge in [-0.1, -0.05) is 23.2 Å². The van der Waals surface area contributed by atoms with E-state index in [1.165, 1.54) is 19.3 Å². The number of benzene rings is 1. The van der Waals surface area contributed by atoms with Crippen molar-refractivity contribution in [3.8, 4) is 5.75 Å². The van der Waals surface area contributed by atoms with Gasteiger partial charge >= 0.3 is 0 Å². The SMILES string of the molecule is CC(Oc1ccc(Cl)cc1Cl)C(=O)N(Cc1ccco1)Cc1ccc(N2CCCCC2)o1. The van der Waals surface area contributed by atoms with Crippen LogP contribution in [-0.2, 0) is 17.9 Å². The summed E-state index contributed by atoms with van der Waals surface area (Å²) in [6.45, 7) is 4.29. The zero-order valence-electron chi connectivity index (χ0n) is 17.9. The number of ether oxygens (including phenoxy) is 1. The van der Waals surface area contributed by atoms with Crippen LogP contribution < -0.4 is 9.64 Å². The van der Waals surface area contributed by atoms with Crippen LogP contribution in [0.3, 0.4) is 0 Å². The number of furan rings is 2. The maximum absolute atomic E-state index is 13.3. The third-order valence-electron chi connectivity index (χ3n) is 5.45. The molecule has 1 atom stereocenters. The van der Waals surface area contributed by atoms with Crippen LogP contribution >= 0.6 is 23.2 Å². The molecule has 0 aliphatic carbocycles. The highest BCUT2D eigenvalue weighted by Crippen LogP contribution is 2.29. The van der Waals surface area contributed by atoms with Gasteiger partial charge < -0.3 is 23.4 Å². The number of nitrogens with zero attached hydrogens (tertiary/aromatic N) is 2. The van der Waals surface area contributed by atoms with Gasteiger partial charge in [0.1, 0.15) is 17.3 Å². The number of anilines is 1. The lowest BCUT2D eigenvalue weighted by Gasteiger charge is -2.26. The summed E-state index contributed by atoms with van der Waals surface area (Å²) in [5.41, 5.74) is 0. The zero-order valence-corrected chi connectivity index (χ0v) is 19.4. The van der Waals surface area contributed by atoms with Gasteiger partial charge in [-0.25, -0.2) is 0 Å². The predicted octanol–water partition coefficient (Wildman–Crippen LogP) is 6.17. The van der Waals surface area contributed by atoms with Gasteiger partial charge in [0.05, 0.1) is 24.4 Å². The Kier molecular flexibility index (Phi) is 7.33. The number of carbonyl (C=O) groups excluding carboxylic acids is 1. The molecule has 1 aliphatic heterocycles. The summed E-state index contributed by atoms with van der Waals surface area (Å²) >= 11 is 12.2. The second-order valence-electron chi connectivity index (χ2n) is 7.90. The van der Waals surface area contributed by atoms with Crippen LogP contribution in [0.15, 0.2) is 57.6 Å². The van der Waals surface area contributed by atoms with Crippen LogP contribution in [-0.4, -0.2) is 30.0 Å². The van der Waals surface area contributed by atoms with Gasteiger partial charge in [-0.3, -0.25) is 4.79 Å². The molecule has 2 aromatic heterocycles. The Morgan fingerprint density at radius 3 is 2.59 bits per heavy atom. The highest BCUT2D eigenvalue weighted by atomic mass is 35.5. The molecule has 6 nitrogen and oxygen atoms in total. The molecule has 0 saturated carbocycles. The molecule has 0 N–H and O–H groups in total. The third-order valence-corrected chi connectivity index (χ3v) is 5.98. The minimum atomic E-state index is -0.764.